The molecule has 4 heteroatoms. The molecule has 1 fully saturated rings. The standard InChI is InChI=1S/C24H24N2O2/c25-16-21-5-3-18(4-6-21)1-2-19-9-12-26(13-10-19)14-11-20-7-8-23-22(15-20)17-28-24(23)27/h1-8,15,19H,9-14,17H2. The molecule has 0 aromatic heterocycles. The van der Waals surface area contributed by atoms with Crippen molar-refractivity contribution in [2.45, 2.75) is 25.9 Å². The van der Waals surface area contributed by atoms with Crippen LogP contribution in [0.5, 0.6) is 0 Å². The van der Waals surface area contributed by atoms with Crippen LogP contribution in [0, 0.1) is 17.2 Å². The van der Waals surface area contributed by atoms with Gasteiger partial charge in [0.25, 0.3) is 0 Å². The van der Waals surface area contributed by atoms with E-state index >= 15 is 0 Å². The SMILES string of the molecule is N#Cc1ccc(C=CC2CCN(CCc3ccc4c(c3)COC4=O)CC2)cc1. The third-order valence-electron chi connectivity index (χ3n) is 5.70. The van der Waals surface area contributed by atoms with Crippen LogP contribution in [0.1, 0.15) is 45.5 Å². The Hall–Kier alpha value is -2.90. The Kier molecular flexibility index (Phi) is 5.55. The van der Waals surface area contributed by atoms with Gasteiger partial charge in [0.2, 0.25) is 0 Å². The monoisotopic (exact) mass is 372 g/mol. The summed E-state index contributed by atoms with van der Waals surface area (Å²) in [5.74, 6) is 0.424. The van der Waals surface area contributed by atoms with Crippen molar-refractivity contribution in [2.75, 3.05) is 19.6 Å². The second-order valence-corrected chi connectivity index (χ2v) is 7.59. The van der Waals surface area contributed by atoms with Gasteiger partial charge in [-0.15, -0.1) is 0 Å². The molecule has 2 aliphatic heterocycles. The van der Waals surface area contributed by atoms with Crippen LogP contribution in [0.2, 0.25) is 0 Å². The number of esters is 1. The summed E-state index contributed by atoms with van der Waals surface area (Å²) in [7, 11) is 0. The van der Waals surface area contributed by atoms with Gasteiger partial charge in [-0.1, -0.05) is 36.4 Å². The predicted molar refractivity (Wildman–Crippen MR) is 109 cm³/mol. The molecule has 4 rings (SSSR count). The van der Waals surface area contributed by atoms with E-state index < -0.39 is 0 Å². The van der Waals surface area contributed by atoms with Gasteiger partial charge in [0.1, 0.15) is 6.61 Å². The molecule has 0 saturated carbocycles. The maximum absolute atomic E-state index is 11.5. The number of cyclic esters (lactones) is 1. The van der Waals surface area contributed by atoms with Crippen LogP contribution in [-0.2, 0) is 17.8 Å². The zero-order valence-corrected chi connectivity index (χ0v) is 15.9. The fourth-order valence-corrected chi connectivity index (χ4v) is 3.91. The van der Waals surface area contributed by atoms with E-state index in [1.807, 2.05) is 30.3 Å². The molecule has 1 saturated heterocycles. The fraction of sp³-hybridized carbons (Fsp3) is 0.333. The van der Waals surface area contributed by atoms with Gasteiger partial charge in [0.05, 0.1) is 17.2 Å². The number of benzene rings is 2. The molecular formula is C24H24N2O2. The van der Waals surface area contributed by atoms with Gasteiger partial charge in [-0.3, -0.25) is 0 Å². The zero-order chi connectivity index (χ0) is 19.3. The van der Waals surface area contributed by atoms with Crippen molar-refractivity contribution in [2.24, 2.45) is 5.92 Å². The smallest absolute Gasteiger partial charge is 0.338 e. The summed E-state index contributed by atoms with van der Waals surface area (Å²) < 4.78 is 5.08. The van der Waals surface area contributed by atoms with Gasteiger partial charge in [0, 0.05) is 12.1 Å². The van der Waals surface area contributed by atoms with Crippen LogP contribution >= 0.6 is 0 Å². The van der Waals surface area contributed by atoms with Crippen LogP contribution in [0.4, 0.5) is 0 Å². The molecule has 4 nitrogen and oxygen atoms in total. The van der Waals surface area contributed by atoms with Gasteiger partial charge < -0.3 is 9.64 Å². The van der Waals surface area contributed by atoms with Crippen molar-refractivity contribution in [3.8, 4) is 6.07 Å². The summed E-state index contributed by atoms with van der Waals surface area (Å²) in [5.41, 5.74) is 4.88. The average molecular weight is 372 g/mol. The van der Waals surface area contributed by atoms with Crippen molar-refractivity contribution in [1.29, 1.82) is 5.26 Å². The molecular weight excluding hydrogens is 348 g/mol. The third kappa shape index (κ3) is 4.32. The normalized spacial score (nSPS) is 17.5. The van der Waals surface area contributed by atoms with E-state index in [2.05, 4.69) is 35.3 Å². The number of hydrogen-bond donors (Lipinski definition) is 0. The highest BCUT2D eigenvalue weighted by Crippen LogP contribution is 2.23. The Morgan fingerprint density at radius 2 is 1.93 bits per heavy atom. The highest BCUT2D eigenvalue weighted by molar-refractivity contribution is 5.93. The van der Waals surface area contributed by atoms with Gasteiger partial charge in [-0.2, -0.15) is 5.26 Å². The average Bonchev–Trinajstić information content (AvgIpc) is 3.12. The summed E-state index contributed by atoms with van der Waals surface area (Å²) in [6, 6.07) is 16.0. The number of nitrogens with zero attached hydrogens (tertiary/aromatic N) is 2. The Morgan fingerprint density at radius 3 is 2.68 bits per heavy atom. The largest absolute Gasteiger partial charge is 0.457 e. The molecule has 142 valence electrons. The number of ether oxygens (including phenoxy) is 1. The van der Waals surface area contributed by atoms with Crippen LogP contribution in [-0.4, -0.2) is 30.5 Å². The third-order valence-corrected chi connectivity index (χ3v) is 5.70. The predicted octanol–water partition coefficient (Wildman–Crippen LogP) is 4.20. The number of allylic oxidation sites excluding steroid dienone is 1. The number of piperidine rings is 1. The van der Waals surface area contributed by atoms with Crippen LogP contribution in [0.15, 0.2) is 48.5 Å². The first kappa shape index (κ1) is 18.5. The number of fused-ring (bicyclic) bond motifs is 1. The summed E-state index contributed by atoms with van der Waals surface area (Å²) in [4.78, 5) is 14.1. The van der Waals surface area contributed by atoms with Gasteiger partial charge in [-0.05, 0) is 67.6 Å². The van der Waals surface area contributed by atoms with Crippen LogP contribution in [0.3, 0.4) is 0 Å². The minimum absolute atomic E-state index is 0.197. The van der Waals surface area contributed by atoms with Crippen molar-refractivity contribution >= 4 is 12.0 Å². The lowest BCUT2D eigenvalue weighted by atomic mass is 9.95. The van der Waals surface area contributed by atoms with Gasteiger partial charge in [0.15, 0.2) is 0 Å². The molecule has 0 atom stereocenters. The lowest BCUT2D eigenvalue weighted by Crippen LogP contribution is -2.34. The maximum Gasteiger partial charge on any atom is 0.338 e. The molecule has 0 unspecified atom stereocenters. The van der Waals surface area contributed by atoms with Crippen molar-refractivity contribution in [1.82, 2.24) is 4.90 Å². The minimum atomic E-state index is -0.197. The fourth-order valence-electron chi connectivity index (χ4n) is 3.91. The molecule has 0 radical (unpaired) electrons. The molecule has 2 aromatic carbocycles. The summed E-state index contributed by atoms with van der Waals surface area (Å²) in [6.45, 7) is 3.71. The second-order valence-electron chi connectivity index (χ2n) is 7.59. The molecule has 28 heavy (non-hydrogen) atoms. The zero-order valence-electron chi connectivity index (χ0n) is 15.9. The van der Waals surface area contributed by atoms with E-state index in [0.717, 1.165) is 42.7 Å². The topological polar surface area (TPSA) is 53.3 Å². The van der Waals surface area contributed by atoms with Crippen molar-refractivity contribution in [3.63, 3.8) is 0 Å². The molecule has 0 N–H and O–H groups in total. The second kappa shape index (κ2) is 8.41. The maximum atomic E-state index is 11.5. The van der Waals surface area contributed by atoms with Gasteiger partial charge >= 0.3 is 5.97 Å². The first-order chi connectivity index (χ1) is 13.7. The molecule has 0 aliphatic carbocycles. The van der Waals surface area contributed by atoms with E-state index in [1.165, 1.54) is 18.4 Å². The molecule has 0 spiro atoms. The van der Waals surface area contributed by atoms with E-state index in [0.29, 0.717) is 18.1 Å². The number of likely N-dealkylation sites (tertiary alicyclic amines) is 1. The highest BCUT2D eigenvalue weighted by atomic mass is 16.5. The minimum Gasteiger partial charge on any atom is -0.457 e. The summed E-state index contributed by atoms with van der Waals surface area (Å²) >= 11 is 0. The number of carbonyl (C=O) groups is 1. The van der Waals surface area contributed by atoms with E-state index in [-0.39, 0.29) is 5.97 Å². The number of rotatable bonds is 5. The quantitative estimate of drug-likeness (QED) is 0.738. The van der Waals surface area contributed by atoms with E-state index in [4.69, 9.17) is 10.00 Å². The molecule has 0 bridgehead atoms. The molecule has 0 amide bonds. The molecule has 2 aromatic rings. The van der Waals surface area contributed by atoms with Crippen molar-refractivity contribution < 1.29 is 9.53 Å². The van der Waals surface area contributed by atoms with Crippen LogP contribution in [0.25, 0.3) is 6.08 Å². The summed E-state index contributed by atoms with van der Waals surface area (Å²) in [6.07, 6.45) is 7.86. The Bertz CT molecular complexity index is 917. The lowest BCUT2D eigenvalue weighted by molar-refractivity contribution is 0.0535. The molecule has 2 aliphatic rings. The molecule has 2 heterocycles. The number of hydrogen-bond acceptors (Lipinski definition) is 4. The lowest BCUT2D eigenvalue weighted by Gasteiger charge is -2.30. The van der Waals surface area contributed by atoms with Crippen molar-refractivity contribution in [3.05, 3.63) is 76.4 Å². The van der Waals surface area contributed by atoms with Gasteiger partial charge in [-0.25, -0.2) is 4.79 Å². The Balaban J connectivity index is 1.24. The number of carbonyl (C=O) groups excluding carboxylic acids is 1. The summed E-state index contributed by atoms with van der Waals surface area (Å²) in [5, 5.41) is 8.86. The van der Waals surface area contributed by atoms with E-state index in [9.17, 15) is 4.79 Å². The van der Waals surface area contributed by atoms with Crippen LogP contribution < -0.4 is 0 Å². The number of nitriles is 1. The highest BCUT2D eigenvalue weighted by Gasteiger charge is 2.21. The Labute approximate surface area is 166 Å². The Morgan fingerprint density at radius 1 is 1.14 bits per heavy atom. The first-order valence-electron chi connectivity index (χ1n) is 9.91. The first-order valence-corrected chi connectivity index (χ1v) is 9.91. The van der Waals surface area contributed by atoms with E-state index in [1.54, 1.807) is 0 Å².